The van der Waals surface area contributed by atoms with Crippen molar-refractivity contribution in [2.45, 2.75) is 6.29 Å². The van der Waals surface area contributed by atoms with Crippen LogP contribution in [0.25, 0.3) is 0 Å². The van der Waals surface area contributed by atoms with Crippen LogP contribution in [0.2, 0.25) is 0 Å². The molecular weight excluding hydrogens is 210 g/mol. The second kappa shape index (κ2) is 4.96. The third-order valence-corrected chi connectivity index (χ3v) is 2.26. The van der Waals surface area contributed by atoms with E-state index in [1.807, 2.05) is 18.2 Å². The van der Waals surface area contributed by atoms with Gasteiger partial charge in [-0.05, 0) is 6.07 Å². The van der Waals surface area contributed by atoms with Crippen molar-refractivity contribution in [2.24, 2.45) is 0 Å². The summed E-state index contributed by atoms with van der Waals surface area (Å²) >= 11 is 0. The zero-order valence-corrected chi connectivity index (χ0v) is 8.93. The van der Waals surface area contributed by atoms with Gasteiger partial charge in [-0.1, -0.05) is 18.2 Å². The molecule has 1 saturated heterocycles. The summed E-state index contributed by atoms with van der Waals surface area (Å²) in [7, 11) is 1.32. The van der Waals surface area contributed by atoms with Gasteiger partial charge < -0.3 is 14.2 Å². The highest BCUT2D eigenvalue weighted by atomic mass is 16.7. The average molecular weight is 223 g/mol. The van der Waals surface area contributed by atoms with Crippen LogP contribution in [0.15, 0.2) is 24.3 Å². The zero-order valence-electron chi connectivity index (χ0n) is 8.93. The second-order valence-electron chi connectivity index (χ2n) is 3.28. The molecule has 5 nitrogen and oxygen atoms in total. The number of carbonyl (C=O) groups is 1. The van der Waals surface area contributed by atoms with Crippen LogP contribution >= 0.6 is 0 Å². The first kappa shape index (κ1) is 10.9. The van der Waals surface area contributed by atoms with Gasteiger partial charge in [0.2, 0.25) is 0 Å². The second-order valence-corrected chi connectivity index (χ2v) is 3.28. The molecule has 86 valence electrons. The highest BCUT2D eigenvalue weighted by molar-refractivity contribution is 5.85. The molecule has 0 aromatic heterocycles. The number of rotatable bonds is 2. The van der Waals surface area contributed by atoms with E-state index < -0.39 is 12.4 Å². The van der Waals surface area contributed by atoms with E-state index in [0.29, 0.717) is 18.9 Å². The van der Waals surface area contributed by atoms with E-state index in [1.165, 1.54) is 7.11 Å². The summed E-state index contributed by atoms with van der Waals surface area (Å²) in [6, 6.07) is 7.31. The van der Waals surface area contributed by atoms with Gasteiger partial charge >= 0.3 is 6.09 Å². The van der Waals surface area contributed by atoms with Crippen LogP contribution < -0.4 is 5.32 Å². The summed E-state index contributed by atoms with van der Waals surface area (Å²) in [6.45, 7) is 1.13. The van der Waals surface area contributed by atoms with Gasteiger partial charge in [0.05, 0.1) is 26.0 Å². The molecule has 1 heterocycles. The predicted octanol–water partition coefficient (Wildman–Crippen LogP) is 1.91. The fourth-order valence-electron chi connectivity index (χ4n) is 1.52. The maximum absolute atomic E-state index is 11.1. The lowest BCUT2D eigenvalue weighted by atomic mass is 10.1. The molecule has 1 fully saturated rings. The normalized spacial score (nSPS) is 16.1. The van der Waals surface area contributed by atoms with Crippen LogP contribution in [0.5, 0.6) is 0 Å². The van der Waals surface area contributed by atoms with Crippen molar-refractivity contribution in [2.75, 3.05) is 25.6 Å². The van der Waals surface area contributed by atoms with Gasteiger partial charge in [0.1, 0.15) is 0 Å². The highest BCUT2D eigenvalue weighted by Gasteiger charge is 2.21. The quantitative estimate of drug-likeness (QED) is 0.832. The number of para-hydroxylation sites is 1. The Kier molecular flexibility index (Phi) is 3.38. The number of methoxy groups -OCH3 is 1. The first-order valence-electron chi connectivity index (χ1n) is 4.98. The molecule has 0 unspecified atom stereocenters. The van der Waals surface area contributed by atoms with Crippen molar-refractivity contribution in [3.8, 4) is 0 Å². The van der Waals surface area contributed by atoms with Gasteiger partial charge in [0, 0.05) is 5.56 Å². The highest BCUT2D eigenvalue weighted by Crippen LogP contribution is 2.29. The Morgan fingerprint density at radius 3 is 2.75 bits per heavy atom. The molecule has 2 rings (SSSR count). The maximum Gasteiger partial charge on any atom is 0.411 e. The summed E-state index contributed by atoms with van der Waals surface area (Å²) in [4.78, 5) is 11.1. The average Bonchev–Trinajstić information content (AvgIpc) is 2.83. The number of amides is 1. The largest absolute Gasteiger partial charge is 0.453 e. The molecule has 0 atom stereocenters. The van der Waals surface area contributed by atoms with E-state index in [-0.39, 0.29) is 0 Å². The van der Waals surface area contributed by atoms with E-state index in [4.69, 9.17) is 9.47 Å². The predicted molar refractivity (Wildman–Crippen MR) is 57.1 cm³/mol. The van der Waals surface area contributed by atoms with Gasteiger partial charge in [-0.2, -0.15) is 0 Å². The van der Waals surface area contributed by atoms with E-state index in [9.17, 15) is 4.79 Å². The number of nitrogens with one attached hydrogen (secondary N) is 1. The third kappa shape index (κ3) is 2.32. The summed E-state index contributed by atoms with van der Waals surface area (Å²) in [5, 5.41) is 2.62. The van der Waals surface area contributed by atoms with Gasteiger partial charge in [0.15, 0.2) is 6.29 Å². The molecule has 0 aliphatic carbocycles. The summed E-state index contributed by atoms with van der Waals surface area (Å²) in [6.07, 6.45) is -0.918. The lowest BCUT2D eigenvalue weighted by Crippen LogP contribution is -2.13. The fraction of sp³-hybridized carbons (Fsp3) is 0.364. The van der Waals surface area contributed by atoms with Gasteiger partial charge in [-0.3, -0.25) is 5.32 Å². The Bertz CT molecular complexity index is 374. The van der Waals surface area contributed by atoms with Crippen molar-refractivity contribution < 1.29 is 19.0 Å². The fourth-order valence-corrected chi connectivity index (χ4v) is 1.52. The minimum absolute atomic E-state index is 0.409. The zero-order chi connectivity index (χ0) is 11.4. The molecule has 0 spiro atoms. The SMILES string of the molecule is COC(=O)Nc1ccccc1C1OCCO1. The molecule has 1 aliphatic heterocycles. The summed E-state index contributed by atoms with van der Waals surface area (Å²) in [5.41, 5.74) is 1.44. The molecule has 1 N–H and O–H groups in total. The summed E-state index contributed by atoms with van der Waals surface area (Å²) < 4.78 is 15.3. The van der Waals surface area contributed by atoms with Crippen LogP contribution in [0.4, 0.5) is 10.5 Å². The van der Waals surface area contributed by atoms with Crippen LogP contribution in [0.1, 0.15) is 11.9 Å². The first-order chi connectivity index (χ1) is 7.81. The molecule has 16 heavy (non-hydrogen) atoms. The van der Waals surface area contributed by atoms with Gasteiger partial charge in [0.25, 0.3) is 0 Å². The van der Waals surface area contributed by atoms with E-state index in [1.54, 1.807) is 6.07 Å². The Hall–Kier alpha value is -1.59. The molecule has 1 aromatic carbocycles. The number of ether oxygens (including phenoxy) is 3. The van der Waals surface area contributed by atoms with Crippen LogP contribution in [-0.4, -0.2) is 26.4 Å². The van der Waals surface area contributed by atoms with Crippen molar-refractivity contribution in [1.82, 2.24) is 0 Å². The van der Waals surface area contributed by atoms with Crippen LogP contribution in [-0.2, 0) is 14.2 Å². The smallest absolute Gasteiger partial charge is 0.411 e. The first-order valence-corrected chi connectivity index (χ1v) is 4.98. The molecular formula is C11H13NO4. The van der Waals surface area contributed by atoms with Gasteiger partial charge in [-0.25, -0.2) is 4.79 Å². The standard InChI is InChI=1S/C11H13NO4/c1-14-11(13)12-9-5-3-2-4-8(9)10-15-6-7-16-10/h2-5,10H,6-7H2,1H3,(H,12,13). The summed E-state index contributed by atoms with van der Waals surface area (Å²) in [5.74, 6) is 0. The molecule has 5 heteroatoms. The number of benzene rings is 1. The van der Waals surface area contributed by atoms with E-state index >= 15 is 0 Å². The monoisotopic (exact) mass is 223 g/mol. The topological polar surface area (TPSA) is 56.8 Å². The van der Waals surface area contributed by atoms with Crippen molar-refractivity contribution in [3.63, 3.8) is 0 Å². The Morgan fingerprint density at radius 1 is 1.38 bits per heavy atom. The molecule has 1 aliphatic rings. The Morgan fingerprint density at radius 2 is 2.06 bits per heavy atom. The van der Waals surface area contributed by atoms with Crippen LogP contribution in [0.3, 0.4) is 0 Å². The van der Waals surface area contributed by atoms with Crippen molar-refractivity contribution in [1.29, 1.82) is 0 Å². The molecule has 1 amide bonds. The van der Waals surface area contributed by atoms with Gasteiger partial charge in [-0.15, -0.1) is 0 Å². The number of carbonyl (C=O) groups excluding carboxylic acids is 1. The molecule has 0 saturated carbocycles. The van der Waals surface area contributed by atoms with E-state index in [0.717, 1.165) is 5.56 Å². The number of hydrogen-bond acceptors (Lipinski definition) is 4. The van der Waals surface area contributed by atoms with E-state index in [2.05, 4.69) is 10.1 Å². The Balaban J connectivity index is 2.19. The lowest BCUT2D eigenvalue weighted by molar-refractivity contribution is -0.0435. The van der Waals surface area contributed by atoms with Crippen LogP contribution in [0, 0.1) is 0 Å². The maximum atomic E-state index is 11.1. The molecule has 1 aromatic rings. The Labute approximate surface area is 93.3 Å². The molecule has 0 bridgehead atoms. The third-order valence-electron chi connectivity index (χ3n) is 2.26. The van der Waals surface area contributed by atoms with Crippen molar-refractivity contribution >= 4 is 11.8 Å². The lowest BCUT2D eigenvalue weighted by Gasteiger charge is -2.14. The number of hydrogen-bond donors (Lipinski definition) is 1. The molecule has 0 radical (unpaired) electrons. The number of anilines is 1. The minimum Gasteiger partial charge on any atom is -0.453 e. The minimum atomic E-state index is -0.509. The van der Waals surface area contributed by atoms with Crippen molar-refractivity contribution in [3.05, 3.63) is 29.8 Å².